The Hall–Kier alpha value is -2.74. The van der Waals surface area contributed by atoms with Crippen molar-refractivity contribution in [2.45, 2.75) is 33.4 Å². The van der Waals surface area contributed by atoms with Crippen molar-refractivity contribution in [1.82, 2.24) is 25.3 Å². The summed E-state index contributed by atoms with van der Waals surface area (Å²) >= 11 is 1.58. The fraction of sp³-hybridized carbons (Fsp3) is 0.333. The van der Waals surface area contributed by atoms with Gasteiger partial charge in [0, 0.05) is 4.88 Å². The average Bonchev–Trinajstić information content (AvgIpc) is 3.18. The van der Waals surface area contributed by atoms with E-state index in [0.717, 1.165) is 21.1 Å². The number of carbonyl (C=O) groups is 1. The molecule has 1 aromatic carbocycles. The molecule has 3 rings (SSSR count). The van der Waals surface area contributed by atoms with E-state index in [0.29, 0.717) is 12.4 Å². The van der Waals surface area contributed by atoms with Crippen LogP contribution in [-0.4, -0.2) is 33.0 Å². The summed E-state index contributed by atoms with van der Waals surface area (Å²) in [6.45, 7) is 6.30. The van der Waals surface area contributed by atoms with Crippen molar-refractivity contribution in [1.29, 1.82) is 0 Å². The molecule has 0 saturated heterocycles. The van der Waals surface area contributed by atoms with Crippen LogP contribution in [0.4, 0.5) is 0 Å². The molecule has 1 atom stereocenters. The monoisotopic (exact) mass is 371 g/mol. The van der Waals surface area contributed by atoms with Crippen LogP contribution < -0.4 is 10.1 Å². The molecule has 26 heavy (non-hydrogen) atoms. The summed E-state index contributed by atoms with van der Waals surface area (Å²) in [7, 11) is 1.51. The summed E-state index contributed by atoms with van der Waals surface area (Å²) in [5, 5.41) is 12.0. The molecule has 7 nitrogen and oxygen atoms in total. The van der Waals surface area contributed by atoms with E-state index in [1.165, 1.54) is 7.11 Å². The lowest BCUT2D eigenvalue weighted by Crippen LogP contribution is -2.27. The second kappa shape index (κ2) is 7.65. The summed E-state index contributed by atoms with van der Waals surface area (Å²) in [6.07, 6.45) is 0. The highest BCUT2D eigenvalue weighted by Gasteiger charge is 2.24. The Labute approximate surface area is 156 Å². The molecule has 0 aliphatic heterocycles. The number of nitrogens with one attached hydrogen (secondary N) is 1. The van der Waals surface area contributed by atoms with Gasteiger partial charge in [-0.3, -0.25) is 4.79 Å². The molecule has 1 N–H and O–H groups in total. The molecule has 0 fully saturated rings. The maximum atomic E-state index is 12.7. The number of amides is 1. The Balaban J connectivity index is 1.78. The lowest BCUT2D eigenvalue weighted by Gasteiger charge is -2.12. The van der Waals surface area contributed by atoms with Gasteiger partial charge in [0.1, 0.15) is 0 Å². The Morgan fingerprint density at radius 2 is 2.04 bits per heavy atom. The second-order valence-electron chi connectivity index (χ2n) is 5.97. The fourth-order valence-electron chi connectivity index (χ4n) is 2.79. The zero-order valence-electron chi connectivity index (χ0n) is 15.2. The predicted octanol–water partition coefficient (Wildman–Crippen LogP) is 2.90. The summed E-state index contributed by atoms with van der Waals surface area (Å²) in [6, 6.07) is 9.65. The first kappa shape index (κ1) is 18.1. The number of aryl methyl sites for hydroxylation is 2. The van der Waals surface area contributed by atoms with Crippen molar-refractivity contribution in [3.8, 4) is 5.88 Å². The topological polar surface area (TPSA) is 81.9 Å². The number of benzene rings is 1. The summed E-state index contributed by atoms with van der Waals surface area (Å²) in [5.41, 5.74) is 2.15. The number of hydrogen-bond donors (Lipinski definition) is 1. The quantitative estimate of drug-likeness (QED) is 0.720. The maximum Gasteiger partial charge on any atom is 0.278 e. The van der Waals surface area contributed by atoms with E-state index < -0.39 is 0 Å². The van der Waals surface area contributed by atoms with E-state index in [-0.39, 0.29) is 17.6 Å². The molecule has 1 unspecified atom stereocenters. The molecule has 3 aromatic rings. The molecular formula is C18H21N5O2S. The van der Waals surface area contributed by atoms with Crippen molar-refractivity contribution in [2.24, 2.45) is 0 Å². The third kappa shape index (κ3) is 3.75. The number of nitrogens with zero attached hydrogens (tertiary/aromatic N) is 4. The third-order valence-corrected chi connectivity index (χ3v) is 5.21. The van der Waals surface area contributed by atoms with Gasteiger partial charge in [0.05, 0.1) is 30.4 Å². The van der Waals surface area contributed by atoms with E-state index in [9.17, 15) is 4.79 Å². The van der Waals surface area contributed by atoms with Crippen LogP contribution in [0.25, 0.3) is 0 Å². The molecular weight excluding hydrogens is 350 g/mol. The Morgan fingerprint density at radius 1 is 1.31 bits per heavy atom. The molecule has 0 saturated carbocycles. The highest BCUT2D eigenvalue weighted by molar-refractivity contribution is 7.11. The van der Waals surface area contributed by atoms with E-state index in [1.54, 1.807) is 16.0 Å². The summed E-state index contributed by atoms with van der Waals surface area (Å²) < 4.78 is 6.97. The SMILES string of the molecule is COc1c(C(=O)NC(C)c2sc(C)nc2C)nnn1Cc1ccccc1. The van der Waals surface area contributed by atoms with Crippen molar-refractivity contribution < 1.29 is 9.53 Å². The minimum absolute atomic E-state index is 0.169. The smallest absolute Gasteiger partial charge is 0.278 e. The second-order valence-corrected chi connectivity index (χ2v) is 7.20. The van der Waals surface area contributed by atoms with Gasteiger partial charge < -0.3 is 10.1 Å². The molecule has 0 aliphatic rings. The number of rotatable bonds is 6. The van der Waals surface area contributed by atoms with Gasteiger partial charge in [-0.05, 0) is 26.3 Å². The molecule has 2 aromatic heterocycles. The number of aromatic nitrogens is 4. The molecule has 0 spiro atoms. The van der Waals surface area contributed by atoms with Crippen LogP contribution in [0.2, 0.25) is 0 Å². The lowest BCUT2D eigenvalue weighted by molar-refractivity contribution is 0.0932. The van der Waals surface area contributed by atoms with Gasteiger partial charge >= 0.3 is 0 Å². The molecule has 0 radical (unpaired) electrons. The first-order valence-electron chi connectivity index (χ1n) is 8.25. The van der Waals surface area contributed by atoms with Gasteiger partial charge in [0.15, 0.2) is 0 Å². The lowest BCUT2D eigenvalue weighted by atomic mass is 10.2. The van der Waals surface area contributed by atoms with Gasteiger partial charge in [-0.15, -0.1) is 16.4 Å². The molecule has 8 heteroatoms. The normalized spacial score (nSPS) is 12.0. The highest BCUT2D eigenvalue weighted by Crippen LogP contribution is 2.25. The summed E-state index contributed by atoms with van der Waals surface area (Å²) in [4.78, 5) is 18.1. The minimum Gasteiger partial charge on any atom is -0.479 e. The van der Waals surface area contributed by atoms with Gasteiger partial charge in [-0.1, -0.05) is 35.5 Å². The highest BCUT2D eigenvalue weighted by atomic mass is 32.1. The Kier molecular flexibility index (Phi) is 5.32. The standard InChI is InChI=1S/C18H21N5O2S/c1-11-16(26-13(3)19-11)12(2)20-17(24)15-18(25-4)23(22-21-15)10-14-8-6-5-7-9-14/h5-9,12H,10H2,1-4H3,(H,20,24). The van der Waals surface area contributed by atoms with E-state index >= 15 is 0 Å². The van der Waals surface area contributed by atoms with Crippen LogP contribution in [0, 0.1) is 13.8 Å². The zero-order chi connectivity index (χ0) is 18.7. The number of methoxy groups -OCH3 is 1. The van der Waals surface area contributed by atoms with Crippen LogP contribution in [0.15, 0.2) is 30.3 Å². The van der Waals surface area contributed by atoms with Crippen LogP contribution in [0.1, 0.15) is 44.6 Å². The van der Waals surface area contributed by atoms with Crippen molar-refractivity contribution in [2.75, 3.05) is 7.11 Å². The number of thiazole rings is 1. The number of hydrogen-bond acceptors (Lipinski definition) is 6. The fourth-order valence-corrected chi connectivity index (χ4v) is 3.72. The van der Waals surface area contributed by atoms with Gasteiger partial charge in [0.25, 0.3) is 5.91 Å². The maximum absolute atomic E-state index is 12.7. The van der Waals surface area contributed by atoms with Gasteiger partial charge in [-0.2, -0.15) is 0 Å². The number of ether oxygens (including phenoxy) is 1. The first-order valence-corrected chi connectivity index (χ1v) is 9.07. The van der Waals surface area contributed by atoms with Crippen molar-refractivity contribution in [3.05, 3.63) is 57.2 Å². The van der Waals surface area contributed by atoms with E-state index in [4.69, 9.17) is 4.74 Å². The molecule has 0 aliphatic carbocycles. The van der Waals surface area contributed by atoms with Crippen molar-refractivity contribution in [3.63, 3.8) is 0 Å². The van der Waals surface area contributed by atoms with E-state index in [1.807, 2.05) is 51.1 Å². The third-order valence-electron chi connectivity index (χ3n) is 3.95. The average molecular weight is 371 g/mol. The van der Waals surface area contributed by atoms with Crippen LogP contribution in [0.3, 0.4) is 0 Å². The van der Waals surface area contributed by atoms with E-state index in [2.05, 4.69) is 20.6 Å². The van der Waals surface area contributed by atoms with Crippen molar-refractivity contribution >= 4 is 17.2 Å². The molecule has 2 heterocycles. The molecule has 0 bridgehead atoms. The summed E-state index contributed by atoms with van der Waals surface area (Å²) in [5.74, 6) is 0.0230. The Morgan fingerprint density at radius 3 is 2.65 bits per heavy atom. The first-order chi connectivity index (χ1) is 12.5. The largest absolute Gasteiger partial charge is 0.479 e. The van der Waals surface area contributed by atoms with Crippen LogP contribution >= 0.6 is 11.3 Å². The minimum atomic E-state index is -0.320. The van der Waals surface area contributed by atoms with Crippen LogP contribution in [0.5, 0.6) is 5.88 Å². The number of carbonyl (C=O) groups excluding carboxylic acids is 1. The van der Waals surface area contributed by atoms with Crippen LogP contribution in [-0.2, 0) is 6.54 Å². The zero-order valence-corrected chi connectivity index (χ0v) is 16.0. The predicted molar refractivity (Wildman–Crippen MR) is 99.6 cm³/mol. The Bertz CT molecular complexity index is 904. The van der Waals surface area contributed by atoms with Gasteiger partial charge in [-0.25, -0.2) is 9.67 Å². The van der Waals surface area contributed by atoms with Gasteiger partial charge in [0.2, 0.25) is 11.6 Å². The molecule has 1 amide bonds. The molecule has 136 valence electrons.